The van der Waals surface area contributed by atoms with Crippen molar-refractivity contribution in [3.8, 4) is 11.5 Å². The van der Waals surface area contributed by atoms with Gasteiger partial charge in [-0.2, -0.15) is 5.01 Å². The van der Waals surface area contributed by atoms with E-state index < -0.39 is 58.7 Å². The van der Waals surface area contributed by atoms with Crippen molar-refractivity contribution in [2.45, 2.75) is 37.0 Å². The summed E-state index contributed by atoms with van der Waals surface area (Å²) in [6.45, 7) is -0.0226. The van der Waals surface area contributed by atoms with Gasteiger partial charge in [0.1, 0.15) is 11.5 Å². The van der Waals surface area contributed by atoms with Crippen LogP contribution in [0.15, 0.2) is 78.4 Å². The Balaban J connectivity index is 1.40. The third-order valence-electron chi connectivity index (χ3n) is 10.6. The molecule has 6 atom stereocenters. The number of rotatable bonds is 9. The second kappa shape index (κ2) is 12.8. The van der Waals surface area contributed by atoms with Crippen LogP contribution in [0.25, 0.3) is 0 Å². The number of imide groups is 2. The summed E-state index contributed by atoms with van der Waals surface area (Å²) in [5.74, 6) is -6.34. The third-order valence-corrected chi connectivity index (χ3v) is 11.2. The van der Waals surface area contributed by atoms with Gasteiger partial charge >= 0.3 is 5.97 Å². The van der Waals surface area contributed by atoms with Gasteiger partial charge in [-0.1, -0.05) is 59.1 Å². The Morgan fingerprint density at radius 2 is 1.74 bits per heavy atom. The Morgan fingerprint density at radius 3 is 2.42 bits per heavy atom. The maximum atomic E-state index is 15.2. The van der Waals surface area contributed by atoms with Crippen molar-refractivity contribution >= 4 is 58.5 Å². The summed E-state index contributed by atoms with van der Waals surface area (Å²) in [7, 11) is 1.52. The first-order chi connectivity index (χ1) is 24.0. The van der Waals surface area contributed by atoms with Crippen LogP contribution in [0.4, 0.5) is 5.69 Å². The van der Waals surface area contributed by atoms with E-state index in [0.29, 0.717) is 21.9 Å². The lowest BCUT2D eigenvalue weighted by Crippen LogP contribution is -2.53. The SMILES string of the molecule is COc1ccc([C@@]23C(=O)N(Nc4ccc(Cl)cc4Cl)C(=O)[C@@H]2C[C@@H]2C(=CC[C@@H]4C(=O)N(CCCC(=O)O)C(=O)[C@@H]42)[C@@H]3c2cccc(O)c2)cc1. The van der Waals surface area contributed by atoms with Crippen molar-refractivity contribution in [1.82, 2.24) is 9.91 Å². The van der Waals surface area contributed by atoms with E-state index in [0.717, 1.165) is 15.5 Å². The fourth-order valence-corrected chi connectivity index (χ4v) is 9.05. The van der Waals surface area contributed by atoms with Crippen LogP contribution in [0, 0.1) is 23.7 Å². The van der Waals surface area contributed by atoms with E-state index in [1.54, 1.807) is 54.6 Å². The van der Waals surface area contributed by atoms with Gasteiger partial charge in [0.05, 0.1) is 41.0 Å². The number of phenolic OH excluding ortho intramolecular Hbond substituents is 1. The fourth-order valence-electron chi connectivity index (χ4n) is 8.60. The highest BCUT2D eigenvalue weighted by atomic mass is 35.5. The van der Waals surface area contributed by atoms with Crippen LogP contribution in [0.5, 0.6) is 11.5 Å². The van der Waals surface area contributed by atoms with Gasteiger partial charge in [-0.05, 0) is 78.8 Å². The Labute approximate surface area is 297 Å². The van der Waals surface area contributed by atoms with Crippen LogP contribution >= 0.6 is 23.2 Å². The lowest BCUT2D eigenvalue weighted by molar-refractivity contribution is -0.142. The molecule has 0 spiro atoms. The number of carbonyl (C=O) groups excluding carboxylic acids is 4. The summed E-state index contributed by atoms with van der Waals surface area (Å²) in [6.07, 6.45) is 2.14. The van der Waals surface area contributed by atoms with Gasteiger partial charge < -0.3 is 14.9 Å². The molecule has 0 radical (unpaired) electrons. The molecule has 3 aromatic carbocycles. The number of methoxy groups -OCH3 is 1. The number of hydrogen-bond donors (Lipinski definition) is 3. The number of fused-ring (bicyclic) bond motifs is 4. The second-order valence-corrected chi connectivity index (χ2v) is 14.0. The molecule has 11 nitrogen and oxygen atoms in total. The number of likely N-dealkylation sites (tertiary alicyclic amines) is 1. The molecule has 2 aliphatic carbocycles. The van der Waals surface area contributed by atoms with E-state index in [-0.39, 0.29) is 54.6 Å². The van der Waals surface area contributed by atoms with Crippen molar-refractivity contribution < 1.29 is 38.9 Å². The van der Waals surface area contributed by atoms with E-state index in [4.69, 9.17) is 33.0 Å². The molecule has 1 saturated carbocycles. The molecule has 7 rings (SSSR count). The van der Waals surface area contributed by atoms with Gasteiger partial charge in [-0.3, -0.25) is 34.3 Å². The maximum Gasteiger partial charge on any atom is 0.303 e. The first-order valence-corrected chi connectivity index (χ1v) is 17.0. The van der Waals surface area contributed by atoms with Gasteiger partial charge in [0.15, 0.2) is 0 Å². The number of anilines is 1. The molecule has 4 aliphatic rings. The summed E-state index contributed by atoms with van der Waals surface area (Å²) in [5, 5.41) is 21.4. The number of carbonyl (C=O) groups is 5. The number of allylic oxidation sites excluding steroid dienone is 2. The summed E-state index contributed by atoms with van der Waals surface area (Å²) in [5.41, 5.74) is 3.50. The number of hydrogen-bond acceptors (Lipinski definition) is 8. The summed E-state index contributed by atoms with van der Waals surface area (Å²) >= 11 is 12.6. The number of halogens is 2. The second-order valence-electron chi connectivity index (χ2n) is 13.1. The normalized spacial score (nSPS) is 27.1. The number of carboxylic acid groups (broad SMARTS) is 1. The highest BCUT2D eigenvalue weighted by molar-refractivity contribution is 6.36. The molecule has 0 aromatic heterocycles. The molecule has 13 heteroatoms. The number of nitrogens with zero attached hydrogens (tertiary/aromatic N) is 2. The predicted molar refractivity (Wildman–Crippen MR) is 182 cm³/mol. The number of ether oxygens (including phenoxy) is 1. The van der Waals surface area contributed by atoms with Gasteiger partial charge in [0, 0.05) is 23.9 Å². The van der Waals surface area contributed by atoms with Crippen LogP contribution in [-0.4, -0.2) is 63.4 Å². The predicted octanol–water partition coefficient (Wildman–Crippen LogP) is 5.56. The summed E-state index contributed by atoms with van der Waals surface area (Å²) < 4.78 is 5.42. The highest BCUT2D eigenvalue weighted by Crippen LogP contribution is 2.64. The summed E-state index contributed by atoms with van der Waals surface area (Å²) in [4.78, 5) is 70.0. The average molecular weight is 719 g/mol. The Kier molecular flexibility index (Phi) is 8.60. The minimum atomic E-state index is -1.55. The number of aromatic hydroxyl groups is 1. The number of aliphatic carboxylic acids is 1. The van der Waals surface area contributed by atoms with Crippen LogP contribution in [0.2, 0.25) is 10.0 Å². The molecule has 0 unspecified atom stereocenters. The average Bonchev–Trinajstić information content (AvgIpc) is 3.46. The quantitative estimate of drug-likeness (QED) is 0.191. The smallest absolute Gasteiger partial charge is 0.303 e. The lowest BCUT2D eigenvalue weighted by Gasteiger charge is -2.50. The zero-order chi connectivity index (χ0) is 35.5. The molecule has 3 N–H and O–H groups in total. The molecule has 3 aromatic rings. The number of carboxylic acids is 1. The zero-order valence-electron chi connectivity index (χ0n) is 26.8. The van der Waals surface area contributed by atoms with Crippen LogP contribution in [0.1, 0.15) is 42.7 Å². The van der Waals surface area contributed by atoms with Crippen LogP contribution in [0.3, 0.4) is 0 Å². The molecule has 0 bridgehead atoms. The minimum Gasteiger partial charge on any atom is -0.508 e. The number of amides is 4. The summed E-state index contributed by atoms with van der Waals surface area (Å²) in [6, 6.07) is 18.1. The molecule has 2 aliphatic heterocycles. The Hall–Kier alpha value is -4.87. The molecule has 50 heavy (non-hydrogen) atoms. The molecule has 4 amide bonds. The van der Waals surface area contributed by atoms with Crippen LogP contribution < -0.4 is 10.2 Å². The van der Waals surface area contributed by atoms with Crippen molar-refractivity contribution in [1.29, 1.82) is 0 Å². The van der Waals surface area contributed by atoms with E-state index in [9.17, 15) is 24.3 Å². The van der Waals surface area contributed by atoms with E-state index in [1.807, 2.05) is 6.08 Å². The minimum absolute atomic E-state index is 0.0226. The first-order valence-electron chi connectivity index (χ1n) is 16.3. The number of nitrogens with one attached hydrogen (secondary N) is 1. The van der Waals surface area contributed by atoms with Crippen molar-refractivity contribution in [2.24, 2.45) is 23.7 Å². The van der Waals surface area contributed by atoms with E-state index in [1.165, 1.54) is 19.2 Å². The van der Waals surface area contributed by atoms with E-state index >= 15 is 4.79 Å². The Bertz CT molecular complexity index is 1970. The molecule has 258 valence electrons. The molecule has 2 heterocycles. The zero-order valence-corrected chi connectivity index (χ0v) is 28.4. The van der Waals surface area contributed by atoms with Crippen molar-refractivity contribution in [3.63, 3.8) is 0 Å². The monoisotopic (exact) mass is 717 g/mol. The molecule has 2 saturated heterocycles. The molecular weight excluding hydrogens is 685 g/mol. The first kappa shape index (κ1) is 33.6. The third kappa shape index (κ3) is 5.22. The number of hydrazine groups is 1. The standard InChI is InChI=1S/C37H33Cl2N3O8/c1-50-23-10-7-20(8-11-23)37-27(34(47)42(36(37)49)40-29-14-9-21(38)17-28(29)39)18-26-24(32(37)19-4-2-5-22(43)16-19)12-13-25-31(26)35(48)41(33(25)46)15-3-6-30(44)45/h2,4-5,7-12,14,16-17,25-27,31-32,40,43H,3,6,13,15,18H2,1H3,(H,44,45)/t25-,26+,27-,31-,32-,37+/m0/s1. The number of phenols is 1. The number of benzene rings is 3. The highest BCUT2D eigenvalue weighted by Gasteiger charge is 2.70. The van der Waals surface area contributed by atoms with Gasteiger partial charge in [0.2, 0.25) is 11.8 Å². The van der Waals surface area contributed by atoms with Gasteiger partial charge in [-0.15, -0.1) is 0 Å². The molecular formula is C37H33Cl2N3O8. The van der Waals surface area contributed by atoms with Gasteiger partial charge in [-0.25, -0.2) is 0 Å². The van der Waals surface area contributed by atoms with Gasteiger partial charge in [0.25, 0.3) is 11.8 Å². The lowest BCUT2D eigenvalue weighted by atomic mass is 9.49. The molecule has 3 fully saturated rings. The Morgan fingerprint density at radius 1 is 0.980 bits per heavy atom. The fraction of sp³-hybridized carbons (Fsp3) is 0.324. The van der Waals surface area contributed by atoms with E-state index in [2.05, 4.69) is 5.43 Å². The largest absolute Gasteiger partial charge is 0.508 e. The van der Waals surface area contributed by atoms with Crippen molar-refractivity contribution in [3.05, 3.63) is 99.6 Å². The maximum absolute atomic E-state index is 15.2. The van der Waals surface area contributed by atoms with Crippen LogP contribution in [-0.2, 0) is 29.4 Å². The van der Waals surface area contributed by atoms with Crippen molar-refractivity contribution in [2.75, 3.05) is 19.1 Å². The topological polar surface area (TPSA) is 154 Å².